The van der Waals surface area contributed by atoms with Crippen molar-refractivity contribution in [3.63, 3.8) is 0 Å². The maximum absolute atomic E-state index is 12.6. The Hall–Kier alpha value is -2.49. The summed E-state index contributed by atoms with van der Waals surface area (Å²) >= 11 is 0. The summed E-state index contributed by atoms with van der Waals surface area (Å²) in [6.07, 6.45) is 0.0927. The van der Waals surface area contributed by atoms with Gasteiger partial charge in [-0.2, -0.15) is 0 Å². The molecule has 1 saturated carbocycles. The number of hydrogen-bond acceptors (Lipinski definition) is 8. The lowest BCUT2D eigenvalue weighted by molar-refractivity contribution is -0.235. The molecule has 25 heavy (non-hydrogen) atoms. The Labute approximate surface area is 142 Å². The minimum absolute atomic E-state index is 0.0304. The summed E-state index contributed by atoms with van der Waals surface area (Å²) in [4.78, 5) is 69.8. The first-order chi connectivity index (χ1) is 11.8. The monoisotopic (exact) mass is 354 g/mol. The number of carbonyl (C=O) groups excluding carboxylic acids is 5. The highest BCUT2D eigenvalue weighted by molar-refractivity contribution is 6.04. The molecule has 2 aliphatic heterocycles. The average Bonchev–Trinajstić information content (AvgIpc) is 3.27. The number of imide groups is 1. The number of hydrogen-bond donors (Lipinski definition) is 1. The van der Waals surface area contributed by atoms with Crippen LogP contribution in [0.15, 0.2) is 0 Å². The van der Waals surface area contributed by atoms with Crippen molar-refractivity contribution < 1.29 is 38.8 Å². The Bertz CT molecular complexity index is 623. The van der Waals surface area contributed by atoms with Crippen LogP contribution in [0.3, 0.4) is 0 Å². The molecule has 0 spiro atoms. The molecule has 10 nitrogen and oxygen atoms in total. The molecule has 0 aromatic heterocycles. The number of aliphatic hydroxyl groups is 1. The van der Waals surface area contributed by atoms with E-state index in [-0.39, 0.29) is 38.5 Å². The van der Waals surface area contributed by atoms with Crippen molar-refractivity contribution in [2.75, 3.05) is 0 Å². The van der Waals surface area contributed by atoms with Crippen LogP contribution in [0.25, 0.3) is 0 Å². The van der Waals surface area contributed by atoms with Crippen molar-refractivity contribution in [1.29, 1.82) is 0 Å². The van der Waals surface area contributed by atoms with E-state index in [1.165, 1.54) is 0 Å². The first-order valence-electron chi connectivity index (χ1n) is 8.16. The summed E-state index contributed by atoms with van der Waals surface area (Å²) in [5.74, 6) is -3.94. The highest BCUT2D eigenvalue weighted by atomic mass is 16.7. The van der Waals surface area contributed by atoms with Gasteiger partial charge in [-0.05, 0) is 12.8 Å². The normalized spacial score (nSPS) is 25.6. The van der Waals surface area contributed by atoms with Gasteiger partial charge < -0.3 is 14.8 Å². The van der Waals surface area contributed by atoms with Crippen molar-refractivity contribution >= 4 is 29.7 Å². The van der Waals surface area contributed by atoms with Crippen LogP contribution in [0, 0.1) is 5.41 Å². The molecule has 3 rings (SSSR count). The minimum atomic E-state index is -1.70. The molecule has 2 saturated heterocycles. The van der Waals surface area contributed by atoms with E-state index in [9.17, 15) is 29.1 Å². The predicted octanol–water partition coefficient (Wildman–Crippen LogP) is -0.447. The number of nitrogens with zero attached hydrogens (tertiary/aromatic N) is 2. The zero-order valence-corrected chi connectivity index (χ0v) is 13.4. The molecule has 1 N–H and O–H groups in total. The van der Waals surface area contributed by atoms with Crippen molar-refractivity contribution in [2.24, 2.45) is 5.41 Å². The highest BCUT2D eigenvalue weighted by Gasteiger charge is 2.54. The average molecular weight is 354 g/mol. The summed E-state index contributed by atoms with van der Waals surface area (Å²) in [5.41, 5.74) is -1.70. The summed E-state index contributed by atoms with van der Waals surface area (Å²) in [5, 5.41) is 10.6. The lowest BCUT2D eigenvalue weighted by Crippen LogP contribution is -2.47. The SMILES string of the molecule is O=C1CCC(=O)N1OC(=O)C1(C(=O)ON2C(=O)CCC2O)CCCC1. The van der Waals surface area contributed by atoms with Crippen LogP contribution in [0.1, 0.15) is 51.4 Å². The van der Waals surface area contributed by atoms with Gasteiger partial charge in [-0.15, -0.1) is 10.1 Å². The van der Waals surface area contributed by atoms with Crippen LogP contribution < -0.4 is 0 Å². The summed E-state index contributed by atoms with van der Waals surface area (Å²) in [7, 11) is 0. The largest absolute Gasteiger partial charge is 0.370 e. The Morgan fingerprint density at radius 3 is 2.00 bits per heavy atom. The molecule has 3 amide bonds. The third-order valence-corrected chi connectivity index (χ3v) is 4.73. The van der Waals surface area contributed by atoms with Crippen LogP contribution in [0.4, 0.5) is 0 Å². The van der Waals surface area contributed by atoms with Gasteiger partial charge in [-0.3, -0.25) is 14.4 Å². The second-order valence-electron chi connectivity index (χ2n) is 6.37. The molecular formula is C15H18N2O8. The zero-order chi connectivity index (χ0) is 18.2. The van der Waals surface area contributed by atoms with Gasteiger partial charge in [0.1, 0.15) is 0 Å². The molecule has 10 heteroatoms. The van der Waals surface area contributed by atoms with E-state index in [4.69, 9.17) is 9.68 Å². The Balaban J connectivity index is 1.75. The number of carbonyl (C=O) groups is 5. The number of rotatable bonds is 4. The van der Waals surface area contributed by atoms with Crippen LogP contribution >= 0.6 is 0 Å². The van der Waals surface area contributed by atoms with E-state index >= 15 is 0 Å². The lowest BCUT2D eigenvalue weighted by Gasteiger charge is -2.28. The lowest BCUT2D eigenvalue weighted by atomic mass is 9.86. The van der Waals surface area contributed by atoms with Crippen molar-refractivity contribution in [2.45, 2.75) is 57.6 Å². The highest BCUT2D eigenvalue weighted by Crippen LogP contribution is 2.41. The standard InChI is InChI=1S/C15H18N2O8/c18-9-3-4-10(19)16(9)24-13(22)15(7-1-2-8-15)14(23)25-17-11(20)5-6-12(17)21/h9,18H,1-8H2. The maximum atomic E-state index is 12.6. The van der Waals surface area contributed by atoms with Gasteiger partial charge >= 0.3 is 11.9 Å². The molecule has 3 aliphatic rings. The fourth-order valence-corrected chi connectivity index (χ4v) is 3.23. The van der Waals surface area contributed by atoms with Crippen LogP contribution in [-0.2, 0) is 33.6 Å². The van der Waals surface area contributed by atoms with E-state index in [0.29, 0.717) is 23.0 Å². The molecule has 1 atom stereocenters. The van der Waals surface area contributed by atoms with Gasteiger partial charge in [0.2, 0.25) is 0 Å². The predicted molar refractivity (Wildman–Crippen MR) is 76.3 cm³/mol. The molecule has 1 aliphatic carbocycles. The van der Waals surface area contributed by atoms with E-state index in [1.807, 2.05) is 0 Å². The van der Waals surface area contributed by atoms with E-state index in [1.54, 1.807) is 0 Å². The van der Waals surface area contributed by atoms with Crippen LogP contribution in [0.2, 0.25) is 0 Å². The second kappa shape index (κ2) is 6.43. The maximum Gasteiger partial charge on any atom is 0.350 e. The van der Waals surface area contributed by atoms with E-state index in [0.717, 1.165) is 0 Å². The Kier molecular flexibility index (Phi) is 4.46. The molecule has 0 bridgehead atoms. The van der Waals surface area contributed by atoms with Crippen molar-refractivity contribution in [3.8, 4) is 0 Å². The third kappa shape index (κ3) is 2.97. The number of aliphatic hydroxyl groups excluding tert-OH is 1. The molecular weight excluding hydrogens is 336 g/mol. The molecule has 136 valence electrons. The van der Waals surface area contributed by atoms with Crippen LogP contribution in [-0.4, -0.2) is 51.1 Å². The van der Waals surface area contributed by atoms with Gasteiger partial charge in [-0.25, -0.2) is 9.59 Å². The smallest absolute Gasteiger partial charge is 0.350 e. The Morgan fingerprint density at radius 2 is 1.48 bits per heavy atom. The van der Waals surface area contributed by atoms with Gasteiger partial charge in [-0.1, -0.05) is 12.8 Å². The fraction of sp³-hybridized carbons (Fsp3) is 0.667. The summed E-state index contributed by atoms with van der Waals surface area (Å²) in [6.45, 7) is 0. The zero-order valence-electron chi connectivity index (χ0n) is 13.4. The third-order valence-electron chi connectivity index (χ3n) is 4.73. The first-order valence-corrected chi connectivity index (χ1v) is 8.16. The van der Waals surface area contributed by atoms with E-state index in [2.05, 4.69) is 0 Å². The molecule has 0 aromatic rings. The van der Waals surface area contributed by atoms with Gasteiger partial charge in [0.05, 0.1) is 0 Å². The van der Waals surface area contributed by atoms with Gasteiger partial charge in [0, 0.05) is 25.7 Å². The summed E-state index contributed by atoms with van der Waals surface area (Å²) < 4.78 is 0. The van der Waals surface area contributed by atoms with Crippen molar-refractivity contribution in [3.05, 3.63) is 0 Å². The summed E-state index contributed by atoms with van der Waals surface area (Å²) in [6, 6.07) is 0. The minimum Gasteiger partial charge on any atom is -0.370 e. The van der Waals surface area contributed by atoms with Gasteiger partial charge in [0.25, 0.3) is 17.7 Å². The fourth-order valence-electron chi connectivity index (χ4n) is 3.23. The molecule has 2 heterocycles. The van der Waals surface area contributed by atoms with Crippen LogP contribution in [0.5, 0.6) is 0 Å². The van der Waals surface area contributed by atoms with Gasteiger partial charge in [0.15, 0.2) is 11.6 Å². The number of hydroxylamine groups is 4. The first kappa shape index (κ1) is 17.3. The topological polar surface area (TPSA) is 131 Å². The second-order valence-corrected chi connectivity index (χ2v) is 6.37. The molecule has 3 fully saturated rings. The van der Waals surface area contributed by atoms with Crippen molar-refractivity contribution in [1.82, 2.24) is 10.1 Å². The molecule has 0 aromatic carbocycles. The molecule has 0 radical (unpaired) electrons. The molecule has 1 unspecified atom stereocenters. The van der Waals surface area contributed by atoms with E-state index < -0.39 is 41.3 Å². The number of amides is 3. The Morgan fingerprint density at radius 1 is 0.920 bits per heavy atom. The quantitative estimate of drug-likeness (QED) is 0.531.